The maximum absolute atomic E-state index is 11.5. The Bertz CT molecular complexity index is 211. The summed E-state index contributed by atoms with van der Waals surface area (Å²) >= 11 is 0. The smallest absolute Gasteiger partial charge is 0.140 e. The van der Waals surface area contributed by atoms with E-state index in [1.165, 1.54) is 19.3 Å². The Morgan fingerprint density at radius 3 is 2.50 bits per heavy atom. The van der Waals surface area contributed by atoms with Gasteiger partial charge in [-0.25, -0.2) is 0 Å². The molecule has 2 fully saturated rings. The van der Waals surface area contributed by atoms with Crippen LogP contribution >= 0.6 is 0 Å². The summed E-state index contributed by atoms with van der Waals surface area (Å²) in [6.45, 7) is 3.81. The topological polar surface area (TPSA) is 17.1 Å². The fraction of sp³-hybridized carbons (Fsp3) is 0.727. The summed E-state index contributed by atoms with van der Waals surface area (Å²) < 4.78 is 0. The normalized spacial score (nSPS) is 33.0. The first-order valence-corrected chi connectivity index (χ1v) is 4.95. The van der Waals surface area contributed by atoms with Gasteiger partial charge in [-0.15, -0.1) is 6.58 Å². The molecular weight excluding hydrogens is 148 g/mol. The minimum atomic E-state index is 0.0694. The molecule has 0 aliphatic heterocycles. The lowest BCUT2D eigenvalue weighted by Gasteiger charge is -2.49. The molecule has 0 bridgehead atoms. The molecule has 0 N–H and O–H groups in total. The SMILES string of the molecule is C=CC1CC(=O)C12CCCCC2. The van der Waals surface area contributed by atoms with E-state index in [-0.39, 0.29) is 5.41 Å². The lowest BCUT2D eigenvalue weighted by molar-refractivity contribution is -0.146. The third kappa shape index (κ3) is 0.886. The van der Waals surface area contributed by atoms with Crippen molar-refractivity contribution < 1.29 is 4.79 Å². The Morgan fingerprint density at radius 2 is 2.00 bits per heavy atom. The zero-order valence-electron chi connectivity index (χ0n) is 7.51. The van der Waals surface area contributed by atoms with Gasteiger partial charge in [0.2, 0.25) is 0 Å². The van der Waals surface area contributed by atoms with Gasteiger partial charge in [0.1, 0.15) is 5.78 Å². The van der Waals surface area contributed by atoms with Crippen LogP contribution in [-0.4, -0.2) is 5.78 Å². The molecule has 1 unspecified atom stereocenters. The van der Waals surface area contributed by atoms with Gasteiger partial charge in [-0.1, -0.05) is 25.3 Å². The maximum Gasteiger partial charge on any atom is 0.140 e. The van der Waals surface area contributed by atoms with Gasteiger partial charge in [-0.2, -0.15) is 0 Å². The van der Waals surface area contributed by atoms with Gasteiger partial charge in [0, 0.05) is 11.8 Å². The molecule has 12 heavy (non-hydrogen) atoms. The molecule has 0 aromatic carbocycles. The van der Waals surface area contributed by atoms with Crippen molar-refractivity contribution in [1.29, 1.82) is 0 Å². The van der Waals surface area contributed by atoms with Crippen molar-refractivity contribution in [3.63, 3.8) is 0 Å². The highest BCUT2D eigenvalue weighted by molar-refractivity contribution is 5.92. The molecule has 0 radical (unpaired) electrons. The minimum absolute atomic E-state index is 0.0694. The molecule has 0 heterocycles. The third-order valence-electron chi connectivity index (χ3n) is 3.70. The number of rotatable bonds is 1. The van der Waals surface area contributed by atoms with Crippen molar-refractivity contribution in [3.8, 4) is 0 Å². The monoisotopic (exact) mass is 164 g/mol. The summed E-state index contributed by atoms with van der Waals surface area (Å²) in [6.07, 6.45) is 8.83. The molecule has 1 heteroatoms. The lowest BCUT2D eigenvalue weighted by atomic mass is 9.53. The van der Waals surface area contributed by atoms with E-state index < -0.39 is 0 Å². The summed E-state index contributed by atoms with van der Waals surface area (Å²) in [6, 6.07) is 0. The standard InChI is InChI=1S/C11H16O/c1-2-9-8-10(12)11(9)6-4-3-5-7-11/h2,9H,1,3-8H2. The van der Waals surface area contributed by atoms with Crippen LogP contribution in [0, 0.1) is 11.3 Å². The molecule has 1 spiro atoms. The van der Waals surface area contributed by atoms with Gasteiger partial charge < -0.3 is 0 Å². The van der Waals surface area contributed by atoms with Crippen molar-refractivity contribution in [2.45, 2.75) is 38.5 Å². The van der Waals surface area contributed by atoms with Gasteiger partial charge in [-0.05, 0) is 18.8 Å². The highest BCUT2D eigenvalue weighted by atomic mass is 16.1. The molecule has 2 aliphatic rings. The number of hydrogen-bond donors (Lipinski definition) is 0. The van der Waals surface area contributed by atoms with Crippen LogP contribution in [0.4, 0.5) is 0 Å². The van der Waals surface area contributed by atoms with Gasteiger partial charge >= 0.3 is 0 Å². The average molecular weight is 164 g/mol. The molecule has 66 valence electrons. The van der Waals surface area contributed by atoms with Crippen LogP contribution in [0.25, 0.3) is 0 Å². The molecule has 0 amide bonds. The van der Waals surface area contributed by atoms with Gasteiger partial charge in [0.25, 0.3) is 0 Å². The molecule has 1 atom stereocenters. The summed E-state index contributed by atoms with van der Waals surface area (Å²) in [5.74, 6) is 1.01. The van der Waals surface area contributed by atoms with Gasteiger partial charge in [-0.3, -0.25) is 4.79 Å². The number of allylic oxidation sites excluding steroid dienone is 1. The van der Waals surface area contributed by atoms with Crippen molar-refractivity contribution in [1.82, 2.24) is 0 Å². The highest BCUT2D eigenvalue weighted by Gasteiger charge is 2.52. The molecule has 2 aliphatic carbocycles. The van der Waals surface area contributed by atoms with Crippen LogP contribution in [0.15, 0.2) is 12.7 Å². The number of Topliss-reactive ketones (excluding diaryl/α,β-unsaturated/α-hetero) is 1. The predicted octanol–water partition coefficient (Wildman–Crippen LogP) is 2.71. The molecular formula is C11H16O. The van der Waals surface area contributed by atoms with E-state index >= 15 is 0 Å². The van der Waals surface area contributed by atoms with Gasteiger partial charge in [0.05, 0.1) is 0 Å². The highest BCUT2D eigenvalue weighted by Crippen LogP contribution is 2.53. The predicted molar refractivity (Wildman–Crippen MR) is 48.8 cm³/mol. The maximum atomic E-state index is 11.5. The summed E-state index contributed by atoms with van der Waals surface area (Å²) in [5, 5.41) is 0. The Balaban J connectivity index is 2.15. The van der Waals surface area contributed by atoms with E-state index in [0.717, 1.165) is 19.3 Å². The van der Waals surface area contributed by atoms with Crippen LogP contribution in [-0.2, 0) is 4.79 Å². The fourth-order valence-electron chi connectivity index (χ4n) is 2.82. The van der Waals surface area contributed by atoms with Crippen molar-refractivity contribution in [2.24, 2.45) is 11.3 Å². The van der Waals surface area contributed by atoms with Crippen LogP contribution in [0.3, 0.4) is 0 Å². The second kappa shape index (κ2) is 2.72. The molecule has 0 saturated heterocycles. The zero-order valence-corrected chi connectivity index (χ0v) is 7.51. The molecule has 1 nitrogen and oxygen atoms in total. The summed E-state index contributed by atoms with van der Waals surface area (Å²) in [4.78, 5) is 11.5. The minimum Gasteiger partial charge on any atom is -0.299 e. The van der Waals surface area contributed by atoms with E-state index in [4.69, 9.17) is 0 Å². The van der Waals surface area contributed by atoms with Crippen LogP contribution in [0.2, 0.25) is 0 Å². The third-order valence-corrected chi connectivity index (χ3v) is 3.70. The van der Waals surface area contributed by atoms with Crippen molar-refractivity contribution in [3.05, 3.63) is 12.7 Å². The second-order valence-corrected chi connectivity index (χ2v) is 4.19. The number of hydrogen-bond acceptors (Lipinski definition) is 1. The summed E-state index contributed by atoms with van der Waals surface area (Å²) in [7, 11) is 0. The van der Waals surface area contributed by atoms with E-state index in [9.17, 15) is 4.79 Å². The first-order chi connectivity index (χ1) is 5.79. The first-order valence-electron chi connectivity index (χ1n) is 4.95. The van der Waals surface area contributed by atoms with E-state index in [0.29, 0.717) is 11.7 Å². The van der Waals surface area contributed by atoms with Crippen molar-refractivity contribution >= 4 is 5.78 Å². The van der Waals surface area contributed by atoms with E-state index in [1.807, 2.05) is 6.08 Å². The van der Waals surface area contributed by atoms with Crippen molar-refractivity contribution in [2.75, 3.05) is 0 Å². The Morgan fingerprint density at radius 1 is 1.33 bits per heavy atom. The van der Waals surface area contributed by atoms with E-state index in [1.54, 1.807) is 0 Å². The lowest BCUT2D eigenvalue weighted by Crippen LogP contribution is -2.50. The Hall–Kier alpha value is -0.590. The van der Waals surface area contributed by atoms with E-state index in [2.05, 4.69) is 6.58 Å². The summed E-state index contributed by atoms with van der Waals surface area (Å²) in [5.41, 5.74) is 0.0694. The number of ketones is 1. The quantitative estimate of drug-likeness (QED) is 0.544. The molecule has 2 rings (SSSR count). The first kappa shape index (κ1) is 8.03. The average Bonchev–Trinajstić information content (AvgIpc) is 2.15. The molecule has 0 aromatic rings. The van der Waals surface area contributed by atoms with Gasteiger partial charge in [0.15, 0.2) is 0 Å². The van der Waals surface area contributed by atoms with Crippen LogP contribution in [0.1, 0.15) is 38.5 Å². The number of carbonyl (C=O) groups is 1. The van der Waals surface area contributed by atoms with Crippen LogP contribution in [0.5, 0.6) is 0 Å². The largest absolute Gasteiger partial charge is 0.299 e. The second-order valence-electron chi connectivity index (χ2n) is 4.19. The zero-order chi connectivity index (χ0) is 8.60. The fourth-order valence-corrected chi connectivity index (χ4v) is 2.82. The molecule has 2 saturated carbocycles. The van der Waals surface area contributed by atoms with Crippen LogP contribution < -0.4 is 0 Å². The Kier molecular flexibility index (Phi) is 1.82. The Labute approximate surface area is 73.8 Å². The molecule has 0 aromatic heterocycles. The number of carbonyl (C=O) groups excluding carboxylic acids is 1.